The van der Waals surface area contributed by atoms with E-state index in [4.69, 9.17) is 5.11 Å². The van der Waals surface area contributed by atoms with E-state index in [1.165, 1.54) is 26.2 Å². The molecule has 1 aromatic carbocycles. The lowest BCUT2D eigenvalue weighted by Gasteiger charge is -2.42. The summed E-state index contributed by atoms with van der Waals surface area (Å²) < 4.78 is 25.4. The van der Waals surface area contributed by atoms with E-state index in [2.05, 4.69) is 10.6 Å². The first-order valence-electron chi connectivity index (χ1n) is 8.69. The zero-order valence-corrected chi connectivity index (χ0v) is 16.5. The molecular weight excluding hydrogens is 372 g/mol. The predicted molar refractivity (Wildman–Crippen MR) is 101 cm³/mol. The molecule has 0 spiro atoms. The van der Waals surface area contributed by atoms with Crippen LogP contribution in [-0.2, 0) is 14.8 Å². The fourth-order valence-corrected chi connectivity index (χ4v) is 3.92. The Labute approximate surface area is 159 Å². The Morgan fingerprint density at radius 1 is 1.26 bits per heavy atom. The zero-order chi connectivity index (χ0) is 20.2. The van der Waals surface area contributed by atoms with E-state index in [0.29, 0.717) is 25.1 Å². The number of nitrogens with zero attached hydrogens (tertiary/aromatic N) is 2. The van der Waals surface area contributed by atoms with E-state index in [0.717, 1.165) is 4.31 Å². The van der Waals surface area contributed by atoms with Gasteiger partial charge in [0.05, 0.1) is 11.4 Å². The third-order valence-electron chi connectivity index (χ3n) is 4.58. The smallest absolute Gasteiger partial charge is 0.319 e. The van der Waals surface area contributed by atoms with Crippen molar-refractivity contribution in [2.45, 2.75) is 36.7 Å². The van der Waals surface area contributed by atoms with E-state index in [-0.39, 0.29) is 23.5 Å². The number of hydrogen-bond acceptors (Lipinski definition) is 5. The number of rotatable bonds is 8. The highest BCUT2D eigenvalue weighted by atomic mass is 32.2. The normalized spacial score (nSPS) is 19.6. The van der Waals surface area contributed by atoms with E-state index in [1.54, 1.807) is 12.1 Å². The van der Waals surface area contributed by atoms with Crippen molar-refractivity contribution in [1.29, 1.82) is 0 Å². The maximum absolute atomic E-state index is 12.2. The lowest BCUT2D eigenvalue weighted by molar-refractivity contribution is -0.139. The molecular formula is C17H26N4O5S. The summed E-state index contributed by atoms with van der Waals surface area (Å²) in [5, 5.41) is 14.4. The number of hydrogen-bond donors (Lipinski definition) is 3. The average molecular weight is 398 g/mol. The van der Waals surface area contributed by atoms with Gasteiger partial charge < -0.3 is 15.7 Å². The summed E-state index contributed by atoms with van der Waals surface area (Å²) in [6, 6.07) is 5.75. The topological polar surface area (TPSA) is 119 Å². The Morgan fingerprint density at radius 2 is 1.93 bits per heavy atom. The van der Waals surface area contributed by atoms with Gasteiger partial charge in [0.25, 0.3) is 0 Å². The highest BCUT2D eigenvalue weighted by Gasteiger charge is 2.34. The van der Waals surface area contributed by atoms with Crippen molar-refractivity contribution in [2.24, 2.45) is 0 Å². The monoisotopic (exact) mass is 398 g/mol. The molecule has 0 heterocycles. The average Bonchev–Trinajstić information content (AvgIpc) is 2.55. The molecule has 1 fully saturated rings. The van der Waals surface area contributed by atoms with E-state index < -0.39 is 22.0 Å². The van der Waals surface area contributed by atoms with Crippen LogP contribution in [0.3, 0.4) is 0 Å². The van der Waals surface area contributed by atoms with Crippen molar-refractivity contribution in [3.05, 3.63) is 24.3 Å². The van der Waals surface area contributed by atoms with Gasteiger partial charge in [0, 0.05) is 31.9 Å². The lowest BCUT2D eigenvalue weighted by atomic mass is 9.85. The number of aliphatic carboxylic acids is 1. The van der Waals surface area contributed by atoms with Gasteiger partial charge in [-0.25, -0.2) is 17.5 Å². The molecule has 0 aromatic heterocycles. The Hall–Kier alpha value is -2.17. The van der Waals surface area contributed by atoms with E-state index in [1.807, 2.05) is 11.8 Å². The standard InChI is InChI=1S/C17H26N4O5S/c1-4-21(11-16(22)23)14-8-13(9-14)19-17(24)18-12-6-5-7-15(10-12)27(25,26)20(2)3/h5-7,10,13-14H,4,8-9,11H2,1-3H3,(H,22,23)(H2,18,19,24). The molecule has 10 heteroatoms. The summed E-state index contributed by atoms with van der Waals surface area (Å²) in [4.78, 5) is 25.0. The second-order valence-electron chi connectivity index (χ2n) is 6.69. The molecule has 2 rings (SSSR count). The van der Waals surface area contributed by atoms with Gasteiger partial charge in [-0.1, -0.05) is 13.0 Å². The molecule has 0 aliphatic heterocycles. The number of urea groups is 1. The molecule has 1 aliphatic carbocycles. The number of carboxylic acids is 1. The van der Waals surface area contributed by atoms with Crippen molar-refractivity contribution < 1.29 is 23.1 Å². The molecule has 3 N–H and O–H groups in total. The number of anilines is 1. The van der Waals surface area contributed by atoms with Crippen LogP contribution < -0.4 is 10.6 Å². The van der Waals surface area contributed by atoms with Gasteiger partial charge >= 0.3 is 12.0 Å². The molecule has 27 heavy (non-hydrogen) atoms. The maximum atomic E-state index is 12.2. The minimum Gasteiger partial charge on any atom is -0.480 e. The van der Waals surface area contributed by atoms with Crippen LogP contribution >= 0.6 is 0 Å². The molecule has 0 unspecified atom stereocenters. The van der Waals surface area contributed by atoms with Crippen LogP contribution in [0, 0.1) is 0 Å². The Kier molecular flexibility index (Phi) is 6.79. The molecule has 1 saturated carbocycles. The number of amides is 2. The van der Waals surface area contributed by atoms with Crippen molar-refractivity contribution in [3.8, 4) is 0 Å². The minimum atomic E-state index is -3.57. The van der Waals surface area contributed by atoms with Gasteiger partial charge in [-0.3, -0.25) is 9.69 Å². The molecule has 1 aliphatic rings. The number of carboxylic acid groups (broad SMARTS) is 1. The van der Waals surface area contributed by atoms with Crippen molar-refractivity contribution in [1.82, 2.24) is 14.5 Å². The quantitative estimate of drug-likeness (QED) is 0.601. The number of nitrogens with one attached hydrogen (secondary N) is 2. The highest BCUT2D eigenvalue weighted by molar-refractivity contribution is 7.89. The van der Waals surface area contributed by atoms with Crippen LogP contribution in [0.4, 0.5) is 10.5 Å². The number of carbonyl (C=O) groups excluding carboxylic acids is 1. The summed E-state index contributed by atoms with van der Waals surface area (Å²) >= 11 is 0. The number of sulfonamides is 1. The van der Waals surface area contributed by atoms with Crippen LogP contribution in [0.15, 0.2) is 29.2 Å². The largest absolute Gasteiger partial charge is 0.480 e. The van der Waals surface area contributed by atoms with Crippen LogP contribution in [-0.4, -0.2) is 74.0 Å². The fraction of sp³-hybridized carbons (Fsp3) is 0.529. The number of benzene rings is 1. The first-order chi connectivity index (χ1) is 12.6. The molecule has 0 radical (unpaired) electrons. The molecule has 2 amide bonds. The van der Waals surface area contributed by atoms with Crippen LogP contribution in [0.2, 0.25) is 0 Å². The molecule has 0 atom stereocenters. The summed E-state index contributed by atoms with van der Waals surface area (Å²) in [6.07, 6.45) is 1.37. The van der Waals surface area contributed by atoms with E-state index in [9.17, 15) is 18.0 Å². The van der Waals surface area contributed by atoms with Crippen LogP contribution in [0.1, 0.15) is 19.8 Å². The minimum absolute atomic E-state index is 0.00672. The molecule has 150 valence electrons. The molecule has 0 bridgehead atoms. The van der Waals surface area contributed by atoms with Gasteiger partial charge in [0.2, 0.25) is 10.0 Å². The molecule has 1 aromatic rings. The van der Waals surface area contributed by atoms with Gasteiger partial charge in [0.1, 0.15) is 0 Å². The van der Waals surface area contributed by atoms with Gasteiger partial charge in [-0.15, -0.1) is 0 Å². The van der Waals surface area contributed by atoms with Gasteiger partial charge in [-0.2, -0.15) is 0 Å². The highest BCUT2D eigenvalue weighted by Crippen LogP contribution is 2.25. The molecule has 0 saturated heterocycles. The predicted octanol–water partition coefficient (Wildman–Crippen LogP) is 0.996. The van der Waals surface area contributed by atoms with Crippen LogP contribution in [0.5, 0.6) is 0 Å². The first kappa shape index (κ1) is 21.1. The fourth-order valence-electron chi connectivity index (χ4n) is 2.97. The third kappa shape index (κ3) is 5.41. The zero-order valence-electron chi connectivity index (χ0n) is 15.7. The van der Waals surface area contributed by atoms with Crippen molar-refractivity contribution in [2.75, 3.05) is 32.5 Å². The Bertz CT molecular complexity index is 790. The van der Waals surface area contributed by atoms with Gasteiger partial charge in [-0.05, 0) is 37.6 Å². The van der Waals surface area contributed by atoms with Crippen LogP contribution in [0.25, 0.3) is 0 Å². The summed E-state index contributed by atoms with van der Waals surface area (Å²) in [5.41, 5.74) is 0.382. The number of likely N-dealkylation sites (N-methyl/N-ethyl adjacent to an activating group) is 1. The summed E-state index contributed by atoms with van der Waals surface area (Å²) in [7, 11) is -0.686. The lowest BCUT2D eigenvalue weighted by Crippen LogP contribution is -2.55. The number of carbonyl (C=O) groups is 2. The van der Waals surface area contributed by atoms with Crippen molar-refractivity contribution >= 4 is 27.7 Å². The van der Waals surface area contributed by atoms with Gasteiger partial charge in [0.15, 0.2) is 0 Å². The third-order valence-corrected chi connectivity index (χ3v) is 6.39. The van der Waals surface area contributed by atoms with E-state index >= 15 is 0 Å². The summed E-state index contributed by atoms with van der Waals surface area (Å²) in [6.45, 7) is 2.54. The second-order valence-corrected chi connectivity index (χ2v) is 8.84. The Morgan fingerprint density at radius 3 is 2.48 bits per heavy atom. The summed E-state index contributed by atoms with van der Waals surface area (Å²) in [5.74, 6) is -0.862. The second kappa shape index (κ2) is 8.68. The SMILES string of the molecule is CCN(CC(=O)O)C1CC(NC(=O)Nc2cccc(S(=O)(=O)N(C)C)c2)C1. The molecule has 9 nitrogen and oxygen atoms in total. The van der Waals surface area contributed by atoms with Crippen molar-refractivity contribution in [3.63, 3.8) is 0 Å². The maximum Gasteiger partial charge on any atom is 0.319 e. The first-order valence-corrected chi connectivity index (χ1v) is 10.1. The Balaban J connectivity index is 1.88.